The molecule has 0 aliphatic carbocycles. The van der Waals surface area contributed by atoms with Crippen LogP contribution in [0.15, 0.2) is 12.4 Å². The van der Waals surface area contributed by atoms with Crippen molar-refractivity contribution >= 4 is 15.8 Å². The molecule has 2 rings (SSSR count). The lowest BCUT2D eigenvalue weighted by molar-refractivity contribution is 0.282. The second kappa shape index (κ2) is 3.99. The first-order valence-electron chi connectivity index (χ1n) is 4.95. The van der Waals surface area contributed by atoms with E-state index in [1.54, 1.807) is 0 Å². The SMILES string of the molecule is Cc1cc(NC2CN(S(C)(=O)=O)C2)ncn1. The molecule has 0 spiro atoms. The summed E-state index contributed by atoms with van der Waals surface area (Å²) in [4.78, 5) is 8.05. The lowest BCUT2D eigenvalue weighted by Crippen LogP contribution is -2.56. The zero-order valence-electron chi connectivity index (χ0n) is 9.21. The minimum Gasteiger partial charge on any atom is -0.365 e. The Morgan fingerprint density at radius 3 is 2.69 bits per heavy atom. The molecule has 0 amide bonds. The summed E-state index contributed by atoms with van der Waals surface area (Å²) in [7, 11) is -3.04. The van der Waals surface area contributed by atoms with Gasteiger partial charge < -0.3 is 5.32 Å². The molecule has 1 fully saturated rings. The summed E-state index contributed by atoms with van der Waals surface area (Å²) in [6.07, 6.45) is 2.71. The Hall–Kier alpha value is -1.21. The Balaban J connectivity index is 1.91. The third kappa shape index (κ3) is 2.48. The number of nitrogens with one attached hydrogen (secondary N) is 1. The zero-order chi connectivity index (χ0) is 11.8. The van der Waals surface area contributed by atoms with Crippen LogP contribution in [0.5, 0.6) is 0 Å². The molecule has 1 N–H and O–H groups in total. The average Bonchev–Trinajstić information content (AvgIpc) is 2.08. The maximum Gasteiger partial charge on any atom is 0.211 e. The van der Waals surface area contributed by atoms with E-state index in [2.05, 4.69) is 15.3 Å². The van der Waals surface area contributed by atoms with Gasteiger partial charge in [-0.2, -0.15) is 4.31 Å². The molecule has 0 radical (unpaired) electrons. The van der Waals surface area contributed by atoms with Crippen LogP contribution in [-0.4, -0.2) is 48.1 Å². The molecule has 1 aliphatic heterocycles. The summed E-state index contributed by atoms with van der Waals surface area (Å²) in [6, 6.07) is 1.98. The van der Waals surface area contributed by atoms with Crippen molar-refractivity contribution in [2.24, 2.45) is 0 Å². The van der Waals surface area contributed by atoms with Crippen molar-refractivity contribution in [3.63, 3.8) is 0 Å². The molecule has 1 aliphatic rings. The molecule has 16 heavy (non-hydrogen) atoms. The minimum absolute atomic E-state index is 0.143. The standard InChI is InChI=1S/C9H14N4O2S/c1-7-3-9(11-6-10-7)12-8-4-13(5-8)16(2,14)15/h3,6,8H,4-5H2,1-2H3,(H,10,11,12). The van der Waals surface area contributed by atoms with Gasteiger partial charge in [0.25, 0.3) is 0 Å². The first-order valence-corrected chi connectivity index (χ1v) is 6.80. The van der Waals surface area contributed by atoms with Crippen molar-refractivity contribution in [2.75, 3.05) is 24.7 Å². The third-order valence-corrected chi connectivity index (χ3v) is 3.71. The number of rotatable bonds is 3. The van der Waals surface area contributed by atoms with Gasteiger partial charge in [-0.1, -0.05) is 0 Å². The van der Waals surface area contributed by atoms with Crippen molar-refractivity contribution in [3.05, 3.63) is 18.1 Å². The van der Waals surface area contributed by atoms with Gasteiger partial charge in [-0.15, -0.1) is 0 Å². The highest BCUT2D eigenvalue weighted by Crippen LogP contribution is 2.16. The van der Waals surface area contributed by atoms with Gasteiger partial charge in [-0.25, -0.2) is 18.4 Å². The maximum absolute atomic E-state index is 11.1. The van der Waals surface area contributed by atoms with E-state index in [1.807, 2.05) is 13.0 Å². The van der Waals surface area contributed by atoms with E-state index in [0.717, 1.165) is 11.5 Å². The molecule has 0 aromatic carbocycles. The van der Waals surface area contributed by atoms with E-state index in [1.165, 1.54) is 16.9 Å². The zero-order valence-corrected chi connectivity index (χ0v) is 10.0. The average molecular weight is 242 g/mol. The fourth-order valence-corrected chi connectivity index (χ4v) is 2.44. The minimum atomic E-state index is -3.04. The number of nitrogens with zero attached hydrogens (tertiary/aromatic N) is 3. The van der Waals surface area contributed by atoms with E-state index < -0.39 is 10.0 Å². The van der Waals surface area contributed by atoms with Gasteiger partial charge in [0.2, 0.25) is 10.0 Å². The summed E-state index contributed by atoms with van der Waals surface area (Å²) in [5.41, 5.74) is 0.886. The Labute approximate surface area is 94.8 Å². The molecule has 2 heterocycles. The lowest BCUT2D eigenvalue weighted by Gasteiger charge is -2.37. The van der Waals surface area contributed by atoms with Crippen LogP contribution in [0.2, 0.25) is 0 Å². The van der Waals surface area contributed by atoms with Crippen LogP contribution in [0, 0.1) is 6.92 Å². The summed E-state index contributed by atoms with van der Waals surface area (Å²) in [5, 5.41) is 3.16. The summed E-state index contributed by atoms with van der Waals surface area (Å²) in [5.74, 6) is 0.741. The molecular weight excluding hydrogens is 228 g/mol. The quantitative estimate of drug-likeness (QED) is 0.797. The van der Waals surface area contributed by atoms with Crippen LogP contribution in [0.1, 0.15) is 5.69 Å². The smallest absolute Gasteiger partial charge is 0.211 e. The second-order valence-electron chi connectivity index (χ2n) is 3.97. The Morgan fingerprint density at radius 2 is 2.12 bits per heavy atom. The maximum atomic E-state index is 11.1. The van der Waals surface area contributed by atoms with Crippen molar-refractivity contribution in [1.82, 2.24) is 14.3 Å². The van der Waals surface area contributed by atoms with E-state index in [9.17, 15) is 8.42 Å². The van der Waals surface area contributed by atoms with Crippen molar-refractivity contribution in [1.29, 1.82) is 0 Å². The van der Waals surface area contributed by atoms with Gasteiger partial charge in [-0.3, -0.25) is 0 Å². The van der Waals surface area contributed by atoms with Gasteiger partial charge in [0.05, 0.1) is 12.3 Å². The molecule has 1 aromatic rings. The van der Waals surface area contributed by atoms with E-state index >= 15 is 0 Å². The highest BCUT2D eigenvalue weighted by molar-refractivity contribution is 7.88. The van der Waals surface area contributed by atoms with Crippen LogP contribution >= 0.6 is 0 Å². The largest absolute Gasteiger partial charge is 0.365 e. The van der Waals surface area contributed by atoms with E-state index in [4.69, 9.17) is 0 Å². The van der Waals surface area contributed by atoms with Gasteiger partial charge in [0.15, 0.2) is 0 Å². The molecule has 7 heteroatoms. The Morgan fingerprint density at radius 1 is 1.44 bits per heavy atom. The van der Waals surface area contributed by atoms with Crippen LogP contribution in [-0.2, 0) is 10.0 Å². The summed E-state index contributed by atoms with van der Waals surface area (Å²) >= 11 is 0. The number of sulfonamides is 1. The first-order chi connectivity index (χ1) is 7.45. The van der Waals surface area contributed by atoms with Crippen molar-refractivity contribution in [2.45, 2.75) is 13.0 Å². The van der Waals surface area contributed by atoms with Gasteiger partial charge in [-0.05, 0) is 6.92 Å². The monoisotopic (exact) mass is 242 g/mol. The molecule has 0 saturated carbocycles. The number of aryl methyl sites for hydroxylation is 1. The number of hydrogen-bond acceptors (Lipinski definition) is 5. The highest BCUT2D eigenvalue weighted by atomic mass is 32.2. The number of anilines is 1. The predicted octanol–water partition coefficient (Wildman–Crippen LogP) is -0.159. The molecule has 0 bridgehead atoms. The molecule has 0 atom stereocenters. The molecule has 1 saturated heterocycles. The Bertz CT molecular complexity index is 482. The van der Waals surface area contributed by atoms with Crippen molar-refractivity contribution < 1.29 is 8.42 Å². The molecular formula is C9H14N4O2S. The summed E-state index contributed by atoms with van der Waals surface area (Å²) in [6.45, 7) is 2.89. The highest BCUT2D eigenvalue weighted by Gasteiger charge is 2.33. The predicted molar refractivity (Wildman–Crippen MR) is 60.6 cm³/mol. The van der Waals surface area contributed by atoms with Gasteiger partial charge >= 0.3 is 0 Å². The normalized spacial score (nSPS) is 18.1. The van der Waals surface area contributed by atoms with Gasteiger partial charge in [0.1, 0.15) is 12.1 Å². The molecule has 1 aromatic heterocycles. The van der Waals surface area contributed by atoms with E-state index in [-0.39, 0.29) is 6.04 Å². The van der Waals surface area contributed by atoms with Crippen LogP contribution in [0.3, 0.4) is 0 Å². The van der Waals surface area contributed by atoms with Crippen LogP contribution < -0.4 is 5.32 Å². The van der Waals surface area contributed by atoms with Crippen LogP contribution in [0.4, 0.5) is 5.82 Å². The van der Waals surface area contributed by atoms with Gasteiger partial charge in [0, 0.05) is 24.8 Å². The second-order valence-corrected chi connectivity index (χ2v) is 5.95. The molecule has 0 unspecified atom stereocenters. The van der Waals surface area contributed by atoms with Crippen LogP contribution in [0.25, 0.3) is 0 Å². The van der Waals surface area contributed by atoms with E-state index in [0.29, 0.717) is 13.1 Å². The number of aromatic nitrogens is 2. The summed E-state index contributed by atoms with van der Waals surface area (Å²) < 4.78 is 23.7. The fourth-order valence-electron chi connectivity index (χ4n) is 1.54. The van der Waals surface area contributed by atoms with Crippen molar-refractivity contribution in [3.8, 4) is 0 Å². The molecule has 88 valence electrons. The number of hydrogen-bond donors (Lipinski definition) is 1. The Kier molecular flexibility index (Phi) is 2.81. The first kappa shape index (κ1) is 11.3. The lowest BCUT2D eigenvalue weighted by atomic mass is 10.2. The molecule has 6 nitrogen and oxygen atoms in total. The fraction of sp³-hybridized carbons (Fsp3) is 0.556. The topological polar surface area (TPSA) is 75.2 Å². The third-order valence-electron chi connectivity index (χ3n) is 2.47.